The molecule has 0 saturated heterocycles. The molecule has 0 aliphatic heterocycles. The van der Waals surface area contributed by atoms with E-state index in [0.29, 0.717) is 32.5 Å². The molecule has 0 unspecified atom stereocenters. The van der Waals surface area contributed by atoms with Gasteiger partial charge in [0.2, 0.25) is 5.91 Å². The number of aryl methyl sites for hydroxylation is 1. The number of hydrogen-bond acceptors (Lipinski definition) is 4. The molecule has 0 aliphatic carbocycles. The quantitative estimate of drug-likeness (QED) is 0.500. The van der Waals surface area contributed by atoms with Gasteiger partial charge in [0.25, 0.3) is 5.91 Å². The van der Waals surface area contributed by atoms with E-state index in [0.717, 1.165) is 6.26 Å². The van der Waals surface area contributed by atoms with Gasteiger partial charge in [-0.05, 0) is 66.6 Å². The Hall–Kier alpha value is -2.87. The number of carbonyl (C=O) groups is 2. The summed E-state index contributed by atoms with van der Waals surface area (Å²) >= 11 is 12.2. The number of sulfone groups is 1. The molecule has 0 aliphatic rings. The minimum Gasteiger partial charge on any atom is -0.326 e. The molecule has 3 aromatic rings. The summed E-state index contributed by atoms with van der Waals surface area (Å²) < 4.78 is 23.4. The Morgan fingerprint density at radius 3 is 2.19 bits per heavy atom. The van der Waals surface area contributed by atoms with Crippen LogP contribution in [0.25, 0.3) is 0 Å². The largest absolute Gasteiger partial charge is 0.326 e. The normalized spacial score (nSPS) is 11.1. The molecule has 166 valence electrons. The van der Waals surface area contributed by atoms with E-state index < -0.39 is 15.7 Å². The van der Waals surface area contributed by atoms with Crippen molar-refractivity contribution < 1.29 is 18.0 Å². The predicted octanol–water partition coefficient (Wildman–Crippen LogP) is 5.14. The summed E-state index contributed by atoms with van der Waals surface area (Å²) in [5.74, 6) is -0.725. The summed E-state index contributed by atoms with van der Waals surface area (Å²) in [7, 11) is -3.42. The fourth-order valence-electron chi connectivity index (χ4n) is 3.01. The average molecular weight is 491 g/mol. The standard InChI is InChI=1S/C23H20Cl2N2O4S/c1-14-11-16(26-22(28)13-18-19(24)7-4-8-20(18)25)9-10-21(14)27-23(29)15-5-3-6-17(12-15)32(2,30)31/h3-12H,13H2,1-2H3,(H,26,28)(H,27,29). The van der Waals surface area contributed by atoms with Crippen LogP contribution >= 0.6 is 23.2 Å². The number of anilines is 2. The molecule has 0 radical (unpaired) electrons. The van der Waals surface area contributed by atoms with Gasteiger partial charge in [-0.3, -0.25) is 9.59 Å². The first-order valence-corrected chi connectivity index (χ1v) is 12.1. The van der Waals surface area contributed by atoms with Crippen molar-refractivity contribution in [3.63, 3.8) is 0 Å². The molecule has 9 heteroatoms. The van der Waals surface area contributed by atoms with Crippen LogP contribution in [0.15, 0.2) is 65.6 Å². The highest BCUT2D eigenvalue weighted by Crippen LogP contribution is 2.26. The van der Waals surface area contributed by atoms with Gasteiger partial charge in [-0.1, -0.05) is 35.3 Å². The summed E-state index contributed by atoms with van der Waals surface area (Å²) in [4.78, 5) is 25.1. The molecule has 3 rings (SSSR count). The number of halogens is 2. The summed E-state index contributed by atoms with van der Waals surface area (Å²) in [5, 5.41) is 6.38. The van der Waals surface area contributed by atoms with Crippen LogP contribution < -0.4 is 10.6 Å². The zero-order valence-electron chi connectivity index (χ0n) is 17.3. The van der Waals surface area contributed by atoms with E-state index in [-0.39, 0.29) is 22.8 Å². The third kappa shape index (κ3) is 5.88. The second kappa shape index (κ2) is 9.73. The molecule has 6 nitrogen and oxygen atoms in total. The van der Waals surface area contributed by atoms with Gasteiger partial charge in [0.05, 0.1) is 11.3 Å². The minimum absolute atomic E-state index is 0.0206. The Labute approximate surface area is 196 Å². The summed E-state index contributed by atoms with van der Waals surface area (Å²) in [6.45, 7) is 1.78. The molecule has 2 amide bonds. The number of rotatable bonds is 6. The van der Waals surface area contributed by atoms with Gasteiger partial charge in [0.15, 0.2) is 9.84 Å². The first-order chi connectivity index (χ1) is 15.0. The third-order valence-corrected chi connectivity index (χ3v) is 6.50. The van der Waals surface area contributed by atoms with E-state index in [1.165, 1.54) is 24.3 Å². The number of carbonyl (C=O) groups excluding carboxylic acids is 2. The van der Waals surface area contributed by atoms with Crippen molar-refractivity contribution in [2.75, 3.05) is 16.9 Å². The molecular weight excluding hydrogens is 471 g/mol. The van der Waals surface area contributed by atoms with Crippen molar-refractivity contribution in [3.05, 3.63) is 87.4 Å². The van der Waals surface area contributed by atoms with Crippen molar-refractivity contribution in [2.45, 2.75) is 18.2 Å². The molecule has 32 heavy (non-hydrogen) atoms. The van der Waals surface area contributed by atoms with Crippen LogP contribution in [0, 0.1) is 6.92 Å². The van der Waals surface area contributed by atoms with E-state index in [1.807, 2.05) is 0 Å². The van der Waals surface area contributed by atoms with Crippen molar-refractivity contribution >= 4 is 56.2 Å². The van der Waals surface area contributed by atoms with Gasteiger partial charge < -0.3 is 10.6 Å². The Kier molecular flexibility index (Phi) is 7.23. The van der Waals surface area contributed by atoms with Gasteiger partial charge in [0, 0.05) is 33.2 Å². The molecule has 0 bridgehead atoms. The Morgan fingerprint density at radius 1 is 0.906 bits per heavy atom. The summed E-state index contributed by atoms with van der Waals surface area (Å²) in [5.41, 5.74) is 2.57. The predicted molar refractivity (Wildman–Crippen MR) is 127 cm³/mol. The molecule has 3 aromatic carbocycles. The van der Waals surface area contributed by atoms with E-state index >= 15 is 0 Å². The lowest BCUT2D eigenvalue weighted by Gasteiger charge is -2.12. The highest BCUT2D eigenvalue weighted by molar-refractivity contribution is 7.90. The first kappa shape index (κ1) is 23.8. The molecule has 0 spiro atoms. The van der Waals surface area contributed by atoms with Gasteiger partial charge in [-0.15, -0.1) is 0 Å². The van der Waals surface area contributed by atoms with E-state index in [1.54, 1.807) is 43.3 Å². The highest BCUT2D eigenvalue weighted by atomic mass is 35.5. The summed E-state index contributed by atoms with van der Waals surface area (Å²) in [6.07, 6.45) is 1.10. The number of benzene rings is 3. The maximum atomic E-state index is 12.6. The number of nitrogens with one attached hydrogen (secondary N) is 2. The molecule has 0 fully saturated rings. The SMILES string of the molecule is Cc1cc(NC(=O)Cc2c(Cl)cccc2Cl)ccc1NC(=O)c1cccc(S(C)(=O)=O)c1. The lowest BCUT2D eigenvalue weighted by molar-refractivity contribution is -0.115. The van der Waals surface area contributed by atoms with Gasteiger partial charge in [-0.2, -0.15) is 0 Å². The lowest BCUT2D eigenvalue weighted by Crippen LogP contribution is -2.16. The Morgan fingerprint density at radius 2 is 1.56 bits per heavy atom. The number of hydrogen-bond donors (Lipinski definition) is 2. The van der Waals surface area contributed by atoms with Crippen molar-refractivity contribution in [3.8, 4) is 0 Å². The highest BCUT2D eigenvalue weighted by Gasteiger charge is 2.14. The first-order valence-electron chi connectivity index (χ1n) is 9.49. The molecule has 0 saturated carbocycles. The topological polar surface area (TPSA) is 92.3 Å². The van der Waals surface area contributed by atoms with Crippen molar-refractivity contribution in [2.24, 2.45) is 0 Å². The monoisotopic (exact) mass is 490 g/mol. The van der Waals surface area contributed by atoms with Crippen LogP contribution in [0.2, 0.25) is 10.0 Å². The second-order valence-corrected chi connectivity index (χ2v) is 10.0. The van der Waals surface area contributed by atoms with Crippen LogP contribution in [-0.2, 0) is 21.1 Å². The minimum atomic E-state index is -3.42. The zero-order valence-corrected chi connectivity index (χ0v) is 19.6. The molecule has 0 atom stereocenters. The maximum absolute atomic E-state index is 12.6. The van der Waals surface area contributed by atoms with Gasteiger partial charge in [-0.25, -0.2) is 8.42 Å². The van der Waals surface area contributed by atoms with Crippen molar-refractivity contribution in [1.82, 2.24) is 0 Å². The van der Waals surface area contributed by atoms with Crippen LogP contribution in [0.5, 0.6) is 0 Å². The molecule has 0 heterocycles. The number of amides is 2. The molecule has 0 aromatic heterocycles. The molecule has 2 N–H and O–H groups in total. The van der Waals surface area contributed by atoms with Crippen LogP contribution in [0.1, 0.15) is 21.5 Å². The summed E-state index contributed by atoms with van der Waals surface area (Å²) in [6, 6.07) is 15.9. The van der Waals surface area contributed by atoms with E-state index in [4.69, 9.17) is 23.2 Å². The Bertz CT molecular complexity index is 1290. The fraction of sp³-hybridized carbons (Fsp3) is 0.130. The maximum Gasteiger partial charge on any atom is 0.255 e. The average Bonchev–Trinajstić information content (AvgIpc) is 2.72. The van der Waals surface area contributed by atoms with Crippen LogP contribution in [0.4, 0.5) is 11.4 Å². The third-order valence-electron chi connectivity index (χ3n) is 4.68. The van der Waals surface area contributed by atoms with Crippen LogP contribution in [0.3, 0.4) is 0 Å². The van der Waals surface area contributed by atoms with E-state index in [9.17, 15) is 18.0 Å². The molecular formula is C23H20Cl2N2O4S. The second-order valence-electron chi connectivity index (χ2n) is 7.21. The lowest BCUT2D eigenvalue weighted by atomic mass is 10.1. The smallest absolute Gasteiger partial charge is 0.255 e. The van der Waals surface area contributed by atoms with Crippen molar-refractivity contribution in [1.29, 1.82) is 0 Å². The Balaban J connectivity index is 1.70. The zero-order chi connectivity index (χ0) is 23.5. The van der Waals surface area contributed by atoms with E-state index in [2.05, 4.69) is 10.6 Å². The fourth-order valence-corrected chi connectivity index (χ4v) is 4.21. The van der Waals surface area contributed by atoms with Gasteiger partial charge in [0.1, 0.15) is 0 Å². The van der Waals surface area contributed by atoms with Crippen LogP contribution in [-0.4, -0.2) is 26.5 Å². The van der Waals surface area contributed by atoms with Gasteiger partial charge >= 0.3 is 0 Å².